The number of nitrogens with one attached hydrogen (secondary N) is 1. The predicted molar refractivity (Wildman–Crippen MR) is 73.7 cm³/mol. The Bertz CT molecular complexity index is 556. The third-order valence-corrected chi connectivity index (χ3v) is 3.19. The first-order chi connectivity index (χ1) is 10.3. The Morgan fingerprint density at radius 3 is 2.68 bits per heavy atom. The van der Waals surface area contributed by atoms with Gasteiger partial charge in [0.15, 0.2) is 11.5 Å². The maximum Gasteiger partial charge on any atom is 0.420 e. The molecule has 1 aromatic carbocycles. The summed E-state index contributed by atoms with van der Waals surface area (Å²) in [5.41, 5.74) is -0.462. The number of carbonyl (C=O) groups excluding carboxylic acids is 1. The van der Waals surface area contributed by atoms with Crippen molar-refractivity contribution in [2.75, 3.05) is 13.3 Å². The Labute approximate surface area is 126 Å². The van der Waals surface area contributed by atoms with E-state index >= 15 is 0 Å². The molecule has 0 aromatic heterocycles. The molecule has 0 radical (unpaired) electrons. The number of hydrogen-bond acceptors (Lipinski definition) is 3. The Morgan fingerprint density at radius 2 is 2.05 bits per heavy atom. The molecule has 1 amide bonds. The van der Waals surface area contributed by atoms with Crippen molar-refractivity contribution in [2.24, 2.45) is 5.92 Å². The number of hydrogen-bond donors (Lipinski definition) is 1. The normalized spacial score (nSPS) is 13.5. The lowest BCUT2D eigenvalue weighted by molar-refractivity contribution is -0.138. The number of benzene rings is 1. The van der Waals surface area contributed by atoms with Gasteiger partial charge in [-0.05, 0) is 30.0 Å². The molecule has 0 bridgehead atoms. The van der Waals surface area contributed by atoms with Crippen LogP contribution >= 0.6 is 0 Å². The van der Waals surface area contributed by atoms with E-state index in [9.17, 15) is 18.0 Å². The molecule has 7 heteroatoms. The summed E-state index contributed by atoms with van der Waals surface area (Å²) in [4.78, 5) is 11.6. The minimum Gasteiger partial charge on any atom is -0.454 e. The van der Waals surface area contributed by atoms with Gasteiger partial charge < -0.3 is 14.8 Å². The standard InChI is InChI=1S/C15H18F3NO3/c1-9(2)7-19-13(20)4-3-10-5-11(15(16,17)18)14-12(6-10)21-8-22-14/h5-6,9H,3-4,7-8H2,1-2H3,(H,19,20). The zero-order chi connectivity index (χ0) is 16.3. The molecule has 0 unspecified atom stereocenters. The van der Waals surface area contributed by atoms with E-state index in [4.69, 9.17) is 9.47 Å². The molecule has 2 rings (SSSR count). The fourth-order valence-corrected chi connectivity index (χ4v) is 2.09. The molecule has 0 saturated carbocycles. The highest BCUT2D eigenvalue weighted by Gasteiger charge is 2.38. The number of carbonyl (C=O) groups is 1. The fraction of sp³-hybridized carbons (Fsp3) is 0.533. The zero-order valence-corrected chi connectivity index (χ0v) is 12.4. The summed E-state index contributed by atoms with van der Waals surface area (Å²) in [6.07, 6.45) is -4.18. The molecular formula is C15H18F3NO3. The van der Waals surface area contributed by atoms with Gasteiger partial charge in [0.2, 0.25) is 12.7 Å². The van der Waals surface area contributed by atoms with Gasteiger partial charge in [0.05, 0.1) is 0 Å². The minimum absolute atomic E-state index is 0.0763. The SMILES string of the molecule is CC(C)CNC(=O)CCc1cc2c(c(C(F)(F)F)c1)OCO2. The Hall–Kier alpha value is -1.92. The summed E-state index contributed by atoms with van der Waals surface area (Å²) in [6.45, 7) is 4.26. The van der Waals surface area contributed by atoms with E-state index in [1.54, 1.807) is 0 Å². The van der Waals surface area contributed by atoms with Gasteiger partial charge in [0, 0.05) is 13.0 Å². The van der Waals surface area contributed by atoms with Crippen LogP contribution in [0.1, 0.15) is 31.4 Å². The highest BCUT2D eigenvalue weighted by Crippen LogP contribution is 2.44. The van der Waals surface area contributed by atoms with Crippen LogP contribution in [0.3, 0.4) is 0 Å². The molecule has 22 heavy (non-hydrogen) atoms. The summed E-state index contributed by atoms with van der Waals surface area (Å²) in [6, 6.07) is 2.51. The van der Waals surface area contributed by atoms with Crippen molar-refractivity contribution < 1.29 is 27.4 Å². The third-order valence-electron chi connectivity index (χ3n) is 3.19. The van der Waals surface area contributed by atoms with Crippen LogP contribution in [0.25, 0.3) is 0 Å². The average Bonchev–Trinajstić information content (AvgIpc) is 2.88. The Morgan fingerprint density at radius 1 is 1.32 bits per heavy atom. The second kappa shape index (κ2) is 6.46. The summed E-state index contributed by atoms with van der Waals surface area (Å²) in [5, 5.41) is 2.73. The van der Waals surface area contributed by atoms with E-state index in [1.807, 2.05) is 13.8 Å². The van der Waals surface area contributed by atoms with E-state index in [-0.39, 0.29) is 37.0 Å². The van der Waals surface area contributed by atoms with Crippen LogP contribution in [0.2, 0.25) is 0 Å². The highest BCUT2D eigenvalue weighted by molar-refractivity contribution is 5.76. The van der Waals surface area contributed by atoms with Crippen molar-refractivity contribution in [1.82, 2.24) is 5.32 Å². The van der Waals surface area contributed by atoms with Gasteiger partial charge in [0.25, 0.3) is 0 Å². The van der Waals surface area contributed by atoms with Crippen molar-refractivity contribution in [2.45, 2.75) is 32.9 Å². The van der Waals surface area contributed by atoms with Crippen LogP contribution in [-0.4, -0.2) is 19.2 Å². The quantitative estimate of drug-likeness (QED) is 0.907. The Balaban J connectivity index is 2.08. The van der Waals surface area contributed by atoms with E-state index in [1.165, 1.54) is 6.07 Å². The fourth-order valence-electron chi connectivity index (χ4n) is 2.09. The van der Waals surface area contributed by atoms with Crippen molar-refractivity contribution in [3.05, 3.63) is 23.3 Å². The van der Waals surface area contributed by atoms with Crippen molar-refractivity contribution in [1.29, 1.82) is 0 Å². The molecule has 1 N–H and O–H groups in total. The molecule has 1 aromatic rings. The number of rotatable bonds is 5. The van der Waals surface area contributed by atoms with E-state index in [0.29, 0.717) is 18.0 Å². The number of ether oxygens (including phenoxy) is 2. The van der Waals surface area contributed by atoms with Gasteiger partial charge in [-0.2, -0.15) is 13.2 Å². The van der Waals surface area contributed by atoms with Gasteiger partial charge in [-0.15, -0.1) is 0 Å². The van der Waals surface area contributed by atoms with Crippen molar-refractivity contribution >= 4 is 5.91 Å². The molecule has 4 nitrogen and oxygen atoms in total. The summed E-state index contributed by atoms with van der Waals surface area (Å²) >= 11 is 0. The van der Waals surface area contributed by atoms with Crippen LogP contribution < -0.4 is 14.8 Å². The second-order valence-electron chi connectivity index (χ2n) is 5.57. The van der Waals surface area contributed by atoms with Gasteiger partial charge >= 0.3 is 6.18 Å². The highest BCUT2D eigenvalue weighted by atomic mass is 19.4. The lowest BCUT2D eigenvalue weighted by Gasteiger charge is -2.12. The zero-order valence-electron chi connectivity index (χ0n) is 12.4. The molecule has 1 aliphatic rings. The molecule has 0 atom stereocenters. The molecule has 0 aliphatic carbocycles. The van der Waals surface area contributed by atoms with Crippen LogP contribution in [-0.2, 0) is 17.4 Å². The van der Waals surface area contributed by atoms with Gasteiger partial charge in [-0.1, -0.05) is 13.8 Å². The summed E-state index contributed by atoms with van der Waals surface area (Å²) in [5.74, 6) is -0.0563. The molecule has 0 saturated heterocycles. The topological polar surface area (TPSA) is 47.6 Å². The Kier molecular flexibility index (Phi) is 4.83. The maximum atomic E-state index is 13.0. The first-order valence-corrected chi connectivity index (χ1v) is 7.03. The van der Waals surface area contributed by atoms with Crippen molar-refractivity contribution in [3.8, 4) is 11.5 Å². The molecule has 0 spiro atoms. The minimum atomic E-state index is -4.52. The first kappa shape index (κ1) is 16.5. The van der Waals surface area contributed by atoms with E-state index in [0.717, 1.165) is 6.07 Å². The van der Waals surface area contributed by atoms with Crippen LogP contribution in [0.15, 0.2) is 12.1 Å². The molecule has 122 valence electrons. The lowest BCUT2D eigenvalue weighted by Crippen LogP contribution is -2.27. The van der Waals surface area contributed by atoms with Crippen LogP contribution in [0, 0.1) is 5.92 Å². The van der Waals surface area contributed by atoms with Crippen LogP contribution in [0.4, 0.5) is 13.2 Å². The predicted octanol–water partition coefficient (Wildman–Crippen LogP) is 3.14. The van der Waals surface area contributed by atoms with Crippen molar-refractivity contribution in [3.63, 3.8) is 0 Å². The lowest BCUT2D eigenvalue weighted by atomic mass is 10.0. The monoisotopic (exact) mass is 317 g/mol. The smallest absolute Gasteiger partial charge is 0.420 e. The van der Waals surface area contributed by atoms with Crippen LogP contribution in [0.5, 0.6) is 11.5 Å². The maximum absolute atomic E-state index is 13.0. The van der Waals surface area contributed by atoms with Gasteiger partial charge in [-0.25, -0.2) is 0 Å². The number of aryl methyl sites for hydroxylation is 1. The average molecular weight is 317 g/mol. The third kappa shape index (κ3) is 4.05. The molecule has 0 fully saturated rings. The van der Waals surface area contributed by atoms with Gasteiger partial charge in [0.1, 0.15) is 5.56 Å². The number of fused-ring (bicyclic) bond motifs is 1. The first-order valence-electron chi connectivity index (χ1n) is 7.03. The number of halogens is 3. The van der Waals surface area contributed by atoms with E-state index in [2.05, 4.69) is 5.32 Å². The number of alkyl halides is 3. The number of amides is 1. The van der Waals surface area contributed by atoms with E-state index < -0.39 is 11.7 Å². The molecule has 1 heterocycles. The van der Waals surface area contributed by atoms with Gasteiger partial charge in [-0.3, -0.25) is 4.79 Å². The summed E-state index contributed by atoms with van der Waals surface area (Å²) < 4.78 is 49.0. The second-order valence-corrected chi connectivity index (χ2v) is 5.57. The summed E-state index contributed by atoms with van der Waals surface area (Å²) in [7, 11) is 0. The molecular weight excluding hydrogens is 299 g/mol. The molecule has 1 aliphatic heterocycles. The largest absolute Gasteiger partial charge is 0.454 e.